The van der Waals surface area contributed by atoms with Crippen LogP contribution in [0.2, 0.25) is 0 Å². The third-order valence-corrected chi connectivity index (χ3v) is 5.26. The number of alkyl halides is 1. The molecule has 0 radical (unpaired) electrons. The normalized spacial score (nSPS) is 19.1. The molecule has 0 unspecified atom stereocenters. The molecule has 5 heteroatoms. The highest BCUT2D eigenvalue weighted by molar-refractivity contribution is 9.09. The first kappa shape index (κ1) is 18.8. The summed E-state index contributed by atoms with van der Waals surface area (Å²) in [5.41, 5.74) is 0.428. The van der Waals surface area contributed by atoms with Gasteiger partial charge >= 0.3 is 7.12 Å². The average molecular weight is 383 g/mol. The molecule has 1 aromatic carbocycles. The van der Waals surface area contributed by atoms with Crippen LogP contribution in [0.15, 0.2) is 24.3 Å². The SMILES string of the molecule is CC1(C)OB(c2ccc(OCCCCCCBr)cc2)OC1(C)C. The monoisotopic (exact) mass is 382 g/mol. The van der Waals surface area contributed by atoms with E-state index in [1.54, 1.807) is 0 Å². The highest BCUT2D eigenvalue weighted by Gasteiger charge is 2.51. The van der Waals surface area contributed by atoms with Crippen LogP contribution in [0, 0.1) is 0 Å². The molecule has 3 nitrogen and oxygen atoms in total. The van der Waals surface area contributed by atoms with Crippen molar-refractivity contribution in [3.8, 4) is 5.75 Å². The van der Waals surface area contributed by atoms with Crippen molar-refractivity contribution < 1.29 is 14.0 Å². The summed E-state index contributed by atoms with van der Waals surface area (Å²) in [5.74, 6) is 0.908. The molecule has 128 valence electrons. The van der Waals surface area contributed by atoms with E-state index in [1.165, 1.54) is 19.3 Å². The summed E-state index contributed by atoms with van der Waals surface area (Å²) in [7, 11) is -0.307. The molecule has 1 aliphatic heterocycles. The zero-order valence-corrected chi connectivity index (χ0v) is 16.3. The van der Waals surface area contributed by atoms with Crippen molar-refractivity contribution >= 4 is 28.5 Å². The minimum Gasteiger partial charge on any atom is -0.494 e. The van der Waals surface area contributed by atoms with Gasteiger partial charge in [0.05, 0.1) is 17.8 Å². The number of hydrogen-bond donors (Lipinski definition) is 0. The third-order valence-electron chi connectivity index (χ3n) is 4.70. The molecular weight excluding hydrogens is 355 g/mol. The van der Waals surface area contributed by atoms with Gasteiger partial charge in [-0.3, -0.25) is 0 Å². The molecule has 0 saturated carbocycles. The van der Waals surface area contributed by atoms with Crippen LogP contribution in [-0.4, -0.2) is 30.3 Å². The molecule has 0 spiro atoms. The molecule has 2 rings (SSSR count). The van der Waals surface area contributed by atoms with Crippen molar-refractivity contribution in [2.24, 2.45) is 0 Å². The van der Waals surface area contributed by atoms with Crippen LogP contribution in [0.5, 0.6) is 5.75 Å². The maximum Gasteiger partial charge on any atom is 0.494 e. The van der Waals surface area contributed by atoms with Gasteiger partial charge in [-0.15, -0.1) is 0 Å². The predicted molar refractivity (Wildman–Crippen MR) is 99.9 cm³/mol. The van der Waals surface area contributed by atoms with E-state index < -0.39 is 0 Å². The van der Waals surface area contributed by atoms with Gasteiger partial charge in [0, 0.05) is 5.33 Å². The van der Waals surface area contributed by atoms with Gasteiger partial charge < -0.3 is 14.0 Å². The Kier molecular flexibility index (Phi) is 6.58. The standard InChI is InChI=1S/C18H28BBrO3/c1-17(2)18(3,4)23-19(22-17)15-9-11-16(12-10-15)21-14-8-6-5-7-13-20/h9-12H,5-8,13-14H2,1-4H3. The quantitative estimate of drug-likeness (QED) is 0.380. The lowest BCUT2D eigenvalue weighted by molar-refractivity contribution is 0.00578. The zero-order chi connectivity index (χ0) is 16.9. The Morgan fingerprint density at radius 3 is 2.04 bits per heavy atom. The summed E-state index contributed by atoms with van der Waals surface area (Å²) >= 11 is 3.45. The van der Waals surface area contributed by atoms with E-state index in [2.05, 4.69) is 43.6 Å². The second-order valence-electron chi connectivity index (χ2n) is 7.11. The van der Waals surface area contributed by atoms with E-state index >= 15 is 0 Å². The van der Waals surface area contributed by atoms with Crippen LogP contribution in [0.1, 0.15) is 53.4 Å². The van der Waals surface area contributed by atoms with Gasteiger partial charge in [0.1, 0.15) is 5.75 Å². The number of rotatable bonds is 8. The molecule has 0 N–H and O–H groups in total. The third kappa shape index (κ3) is 4.98. The smallest absolute Gasteiger partial charge is 0.494 e. The molecule has 1 aliphatic rings. The number of halogens is 1. The molecule has 1 saturated heterocycles. The van der Waals surface area contributed by atoms with Crippen molar-refractivity contribution in [2.75, 3.05) is 11.9 Å². The lowest BCUT2D eigenvalue weighted by Crippen LogP contribution is -2.41. The largest absolute Gasteiger partial charge is 0.494 e. The van der Waals surface area contributed by atoms with E-state index in [9.17, 15) is 0 Å². The predicted octanol–water partition coefficient (Wildman–Crippen LogP) is 4.32. The van der Waals surface area contributed by atoms with Crippen LogP contribution in [-0.2, 0) is 9.31 Å². The number of benzene rings is 1. The van der Waals surface area contributed by atoms with E-state index in [0.29, 0.717) is 0 Å². The van der Waals surface area contributed by atoms with Gasteiger partial charge in [0.25, 0.3) is 0 Å². The fraction of sp³-hybridized carbons (Fsp3) is 0.667. The Morgan fingerprint density at radius 1 is 0.913 bits per heavy atom. The Hall–Kier alpha value is -0.515. The van der Waals surface area contributed by atoms with E-state index in [4.69, 9.17) is 14.0 Å². The molecular formula is C18H28BBrO3. The highest BCUT2D eigenvalue weighted by Crippen LogP contribution is 2.36. The van der Waals surface area contributed by atoms with Gasteiger partial charge in [-0.25, -0.2) is 0 Å². The topological polar surface area (TPSA) is 27.7 Å². The number of ether oxygens (including phenoxy) is 1. The average Bonchev–Trinajstić information content (AvgIpc) is 2.72. The highest BCUT2D eigenvalue weighted by atomic mass is 79.9. The zero-order valence-electron chi connectivity index (χ0n) is 14.7. The van der Waals surface area contributed by atoms with Crippen molar-refractivity contribution in [1.82, 2.24) is 0 Å². The fourth-order valence-electron chi connectivity index (χ4n) is 2.44. The first-order chi connectivity index (χ1) is 10.9. The van der Waals surface area contributed by atoms with Crippen molar-refractivity contribution in [2.45, 2.75) is 64.6 Å². The summed E-state index contributed by atoms with van der Waals surface area (Å²) in [6.45, 7) is 9.05. The van der Waals surface area contributed by atoms with Crippen molar-refractivity contribution in [3.63, 3.8) is 0 Å². The maximum absolute atomic E-state index is 6.06. The summed E-state index contributed by atoms with van der Waals surface area (Å²) in [4.78, 5) is 0. The lowest BCUT2D eigenvalue weighted by atomic mass is 9.79. The van der Waals surface area contributed by atoms with E-state index in [-0.39, 0.29) is 18.3 Å². The van der Waals surface area contributed by atoms with Gasteiger partial charge in [0.2, 0.25) is 0 Å². The summed E-state index contributed by atoms with van der Waals surface area (Å²) in [6, 6.07) is 8.06. The molecule has 1 heterocycles. The Bertz CT molecular complexity index is 472. The molecule has 0 amide bonds. The molecule has 0 bridgehead atoms. The van der Waals surface area contributed by atoms with Crippen LogP contribution < -0.4 is 10.2 Å². The minimum absolute atomic E-state index is 0.304. The maximum atomic E-state index is 6.06. The summed E-state index contributed by atoms with van der Waals surface area (Å²) in [6.07, 6.45) is 4.82. The molecule has 1 aromatic rings. The fourth-order valence-corrected chi connectivity index (χ4v) is 2.84. The van der Waals surface area contributed by atoms with Crippen LogP contribution in [0.3, 0.4) is 0 Å². The van der Waals surface area contributed by atoms with Gasteiger partial charge in [-0.05, 0) is 58.1 Å². The van der Waals surface area contributed by atoms with Crippen molar-refractivity contribution in [3.05, 3.63) is 24.3 Å². The van der Waals surface area contributed by atoms with Crippen LogP contribution in [0.4, 0.5) is 0 Å². The first-order valence-electron chi connectivity index (χ1n) is 8.50. The van der Waals surface area contributed by atoms with Gasteiger partial charge in [0.15, 0.2) is 0 Å². The molecule has 1 fully saturated rings. The summed E-state index contributed by atoms with van der Waals surface area (Å²) in [5, 5.41) is 1.09. The minimum atomic E-state index is -0.307. The molecule has 23 heavy (non-hydrogen) atoms. The number of hydrogen-bond acceptors (Lipinski definition) is 3. The molecule has 0 aromatic heterocycles. The Morgan fingerprint density at radius 2 is 1.48 bits per heavy atom. The summed E-state index contributed by atoms with van der Waals surface area (Å²) < 4.78 is 17.9. The second kappa shape index (κ2) is 8.04. The first-order valence-corrected chi connectivity index (χ1v) is 9.62. The number of unbranched alkanes of at least 4 members (excludes halogenated alkanes) is 3. The van der Waals surface area contributed by atoms with Crippen LogP contribution >= 0.6 is 15.9 Å². The Labute approximate surface area is 149 Å². The lowest BCUT2D eigenvalue weighted by Gasteiger charge is -2.32. The van der Waals surface area contributed by atoms with Gasteiger partial charge in [-0.2, -0.15) is 0 Å². The van der Waals surface area contributed by atoms with E-state index in [0.717, 1.165) is 29.6 Å². The van der Waals surface area contributed by atoms with Gasteiger partial charge in [-0.1, -0.05) is 40.9 Å². The second-order valence-corrected chi connectivity index (χ2v) is 7.90. The Balaban J connectivity index is 1.81. The van der Waals surface area contributed by atoms with Crippen molar-refractivity contribution in [1.29, 1.82) is 0 Å². The van der Waals surface area contributed by atoms with E-state index in [1.807, 2.05) is 24.3 Å². The molecule has 0 aliphatic carbocycles. The van der Waals surface area contributed by atoms with Crippen LogP contribution in [0.25, 0.3) is 0 Å². The molecule has 0 atom stereocenters.